The number of fused-ring (bicyclic) bond motifs is 1. The molecular formula is C19H24NO3+. The minimum Gasteiger partial charge on any atom is -0.493 e. The van der Waals surface area contributed by atoms with Gasteiger partial charge in [-0.25, -0.2) is 0 Å². The first-order valence-corrected chi connectivity index (χ1v) is 7.94. The van der Waals surface area contributed by atoms with Crippen LogP contribution >= 0.6 is 0 Å². The summed E-state index contributed by atoms with van der Waals surface area (Å²) in [5.41, 5.74) is 4.15. The molecular weight excluding hydrogens is 290 g/mol. The van der Waals surface area contributed by atoms with Gasteiger partial charge >= 0.3 is 0 Å². The highest BCUT2D eigenvalue weighted by Gasteiger charge is 2.21. The Morgan fingerprint density at radius 2 is 1.57 bits per heavy atom. The van der Waals surface area contributed by atoms with Crippen molar-refractivity contribution >= 4 is 0 Å². The lowest BCUT2D eigenvalue weighted by molar-refractivity contribution is -0.929. The standard InChI is InChI=1S/C19H23NO3/c1-21-17-10-14(11-18(22-2)19(17)23-3)12-20-9-8-15-6-4-5-7-16(15)13-20/h4-7,10-11H,8-9,12-13H2,1-3H3/p+1. The molecule has 0 aliphatic carbocycles. The predicted molar refractivity (Wildman–Crippen MR) is 89.5 cm³/mol. The van der Waals surface area contributed by atoms with E-state index in [0.29, 0.717) is 5.75 Å². The van der Waals surface area contributed by atoms with Gasteiger partial charge < -0.3 is 19.1 Å². The lowest BCUT2D eigenvalue weighted by atomic mass is 9.99. The van der Waals surface area contributed by atoms with Crippen molar-refractivity contribution < 1.29 is 19.1 Å². The van der Waals surface area contributed by atoms with Gasteiger partial charge in [-0.1, -0.05) is 24.3 Å². The molecule has 1 N–H and O–H groups in total. The molecule has 2 aromatic rings. The number of methoxy groups -OCH3 is 3. The highest BCUT2D eigenvalue weighted by molar-refractivity contribution is 5.53. The Labute approximate surface area is 137 Å². The average Bonchev–Trinajstić information content (AvgIpc) is 2.60. The summed E-state index contributed by atoms with van der Waals surface area (Å²) in [6.07, 6.45) is 1.13. The van der Waals surface area contributed by atoms with Gasteiger partial charge in [0, 0.05) is 17.5 Å². The lowest BCUT2D eigenvalue weighted by Gasteiger charge is -2.26. The highest BCUT2D eigenvalue weighted by Crippen LogP contribution is 2.38. The fourth-order valence-electron chi connectivity index (χ4n) is 3.32. The molecule has 1 aliphatic rings. The second-order valence-electron chi connectivity index (χ2n) is 5.91. The van der Waals surface area contributed by atoms with Gasteiger partial charge in [0.25, 0.3) is 0 Å². The van der Waals surface area contributed by atoms with Crippen LogP contribution in [0.5, 0.6) is 17.2 Å². The molecule has 23 heavy (non-hydrogen) atoms. The second-order valence-corrected chi connectivity index (χ2v) is 5.91. The maximum absolute atomic E-state index is 5.45. The van der Waals surface area contributed by atoms with Gasteiger partial charge in [0.2, 0.25) is 5.75 Å². The first kappa shape index (κ1) is 15.7. The van der Waals surface area contributed by atoms with Crippen LogP contribution < -0.4 is 19.1 Å². The summed E-state index contributed by atoms with van der Waals surface area (Å²) in [4.78, 5) is 1.55. The fraction of sp³-hybridized carbons (Fsp3) is 0.368. The van der Waals surface area contributed by atoms with Gasteiger partial charge in [0.15, 0.2) is 11.5 Å². The van der Waals surface area contributed by atoms with Crippen molar-refractivity contribution in [3.05, 3.63) is 53.1 Å². The van der Waals surface area contributed by atoms with E-state index < -0.39 is 0 Å². The number of ether oxygens (including phenoxy) is 3. The minimum atomic E-state index is 0.651. The van der Waals surface area contributed by atoms with E-state index >= 15 is 0 Å². The van der Waals surface area contributed by atoms with Crippen molar-refractivity contribution in [1.29, 1.82) is 0 Å². The Hall–Kier alpha value is -2.20. The van der Waals surface area contributed by atoms with Crippen LogP contribution in [0.2, 0.25) is 0 Å². The van der Waals surface area contributed by atoms with Crippen LogP contribution in [0, 0.1) is 0 Å². The number of hydrogen-bond acceptors (Lipinski definition) is 3. The van der Waals surface area contributed by atoms with Crippen molar-refractivity contribution in [2.24, 2.45) is 0 Å². The molecule has 4 nitrogen and oxygen atoms in total. The van der Waals surface area contributed by atoms with Gasteiger partial charge in [0.05, 0.1) is 27.9 Å². The number of rotatable bonds is 5. The van der Waals surface area contributed by atoms with Crippen LogP contribution in [0.25, 0.3) is 0 Å². The van der Waals surface area contributed by atoms with Crippen LogP contribution in [0.4, 0.5) is 0 Å². The van der Waals surface area contributed by atoms with Gasteiger partial charge in [0.1, 0.15) is 13.1 Å². The van der Waals surface area contributed by atoms with Crippen LogP contribution in [0.1, 0.15) is 16.7 Å². The SMILES string of the molecule is COc1cc(C[NH+]2CCc3ccccc3C2)cc(OC)c1OC. The largest absolute Gasteiger partial charge is 0.493 e. The van der Waals surface area contributed by atoms with Crippen molar-refractivity contribution in [1.82, 2.24) is 0 Å². The molecule has 0 amide bonds. The Bertz CT molecular complexity index is 659. The number of quaternary nitrogens is 1. The molecule has 2 aromatic carbocycles. The summed E-state index contributed by atoms with van der Waals surface area (Å²) < 4.78 is 16.3. The van der Waals surface area contributed by atoms with Crippen molar-refractivity contribution in [2.75, 3.05) is 27.9 Å². The summed E-state index contributed by atoms with van der Waals surface area (Å²) in [5, 5.41) is 0. The van der Waals surface area contributed by atoms with Gasteiger partial charge in [-0.15, -0.1) is 0 Å². The average molecular weight is 314 g/mol. The van der Waals surface area contributed by atoms with Crippen molar-refractivity contribution in [3.63, 3.8) is 0 Å². The molecule has 1 unspecified atom stereocenters. The van der Waals surface area contributed by atoms with E-state index in [-0.39, 0.29) is 0 Å². The molecule has 122 valence electrons. The summed E-state index contributed by atoms with van der Waals surface area (Å²) in [6.45, 7) is 3.16. The molecule has 1 aliphatic heterocycles. The smallest absolute Gasteiger partial charge is 0.203 e. The summed E-state index contributed by atoms with van der Waals surface area (Å²) in [5.74, 6) is 2.09. The van der Waals surface area contributed by atoms with E-state index in [4.69, 9.17) is 14.2 Å². The number of hydrogen-bond donors (Lipinski definition) is 1. The van der Waals surface area contributed by atoms with Crippen molar-refractivity contribution in [2.45, 2.75) is 19.5 Å². The fourth-order valence-corrected chi connectivity index (χ4v) is 3.32. The highest BCUT2D eigenvalue weighted by atomic mass is 16.5. The third-order valence-electron chi connectivity index (χ3n) is 4.49. The Morgan fingerprint density at radius 1 is 0.913 bits per heavy atom. The molecule has 1 heterocycles. The third kappa shape index (κ3) is 3.27. The third-order valence-corrected chi connectivity index (χ3v) is 4.49. The van der Waals surface area contributed by atoms with E-state index in [1.807, 2.05) is 0 Å². The van der Waals surface area contributed by atoms with Gasteiger partial charge in [-0.3, -0.25) is 0 Å². The number of benzene rings is 2. The molecule has 0 radical (unpaired) electrons. The molecule has 0 fully saturated rings. The second kappa shape index (κ2) is 6.92. The first-order chi connectivity index (χ1) is 11.2. The Morgan fingerprint density at radius 3 is 2.17 bits per heavy atom. The van der Waals surface area contributed by atoms with Crippen LogP contribution in [0.15, 0.2) is 36.4 Å². The first-order valence-electron chi connectivity index (χ1n) is 7.94. The maximum atomic E-state index is 5.45. The van der Waals surface area contributed by atoms with E-state index in [0.717, 1.165) is 37.6 Å². The Balaban J connectivity index is 1.81. The van der Waals surface area contributed by atoms with E-state index in [9.17, 15) is 0 Å². The zero-order valence-electron chi connectivity index (χ0n) is 14.0. The zero-order chi connectivity index (χ0) is 16.2. The quantitative estimate of drug-likeness (QED) is 0.914. The maximum Gasteiger partial charge on any atom is 0.203 e. The number of nitrogens with one attached hydrogen (secondary N) is 1. The molecule has 0 aromatic heterocycles. The van der Waals surface area contributed by atoms with Crippen LogP contribution in [-0.4, -0.2) is 27.9 Å². The normalized spacial score (nSPS) is 16.6. The minimum absolute atomic E-state index is 0.651. The lowest BCUT2D eigenvalue weighted by Crippen LogP contribution is -3.10. The molecule has 0 saturated carbocycles. The molecule has 0 saturated heterocycles. The van der Waals surface area contributed by atoms with Crippen LogP contribution in [0.3, 0.4) is 0 Å². The van der Waals surface area contributed by atoms with Gasteiger partial charge in [-0.05, 0) is 17.7 Å². The van der Waals surface area contributed by atoms with E-state index in [1.165, 1.54) is 16.7 Å². The van der Waals surface area contributed by atoms with E-state index in [1.54, 1.807) is 26.2 Å². The summed E-state index contributed by atoms with van der Waals surface area (Å²) in [7, 11) is 4.95. The van der Waals surface area contributed by atoms with Crippen LogP contribution in [-0.2, 0) is 19.5 Å². The summed E-state index contributed by atoms with van der Waals surface area (Å²) >= 11 is 0. The Kier molecular flexibility index (Phi) is 4.72. The predicted octanol–water partition coefficient (Wildman–Crippen LogP) is 1.85. The monoisotopic (exact) mass is 314 g/mol. The molecule has 0 bridgehead atoms. The zero-order valence-corrected chi connectivity index (χ0v) is 14.0. The van der Waals surface area contributed by atoms with Crippen molar-refractivity contribution in [3.8, 4) is 17.2 Å². The molecule has 3 rings (SSSR count). The van der Waals surface area contributed by atoms with E-state index in [2.05, 4.69) is 36.4 Å². The molecule has 4 heteroatoms. The molecule has 1 atom stereocenters. The van der Waals surface area contributed by atoms with Gasteiger partial charge in [-0.2, -0.15) is 0 Å². The summed E-state index contributed by atoms with van der Waals surface area (Å²) in [6, 6.07) is 12.8. The molecule has 0 spiro atoms. The topological polar surface area (TPSA) is 32.1 Å².